The molecule has 0 heterocycles. The zero-order valence-electron chi connectivity index (χ0n) is 9.21. The standard InChI is InChI=1S/C6H8O2.C6H12O/c7-5-3-1-2-4-6(5)8;7-6-4-2-1-3-5-6/h1-4H2;6-7H,1-5H2. The van der Waals surface area contributed by atoms with Crippen molar-refractivity contribution in [2.45, 2.75) is 63.9 Å². The number of aliphatic hydroxyl groups is 1. The third kappa shape index (κ3) is 5.07. The van der Waals surface area contributed by atoms with Gasteiger partial charge >= 0.3 is 0 Å². The van der Waals surface area contributed by atoms with Gasteiger partial charge < -0.3 is 5.11 Å². The fraction of sp³-hybridized carbons (Fsp3) is 0.833. The van der Waals surface area contributed by atoms with Gasteiger partial charge in [0.15, 0.2) is 11.6 Å². The fourth-order valence-corrected chi connectivity index (χ4v) is 1.93. The van der Waals surface area contributed by atoms with Crippen LogP contribution in [0.3, 0.4) is 0 Å². The maximum absolute atomic E-state index is 10.4. The molecule has 0 radical (unpaired) electrons. The second kappa shape index (κ2) is 6.72. The van der Waals surface area contributed by atoms with Gasteiger partial charge in [0, 0.05) is 12.8 Å². The Morgan fingerprint density at radius 1 is 0.800 bits per heavy atom. The number of hydrogen-bond donors (Lipinski definition) is 1. The molecule has 2 fully saturated rings. The van der Waals surface area contributed by atoms with E-state index in [1.54, 1.807) is 0 Å². The highest BCUT2D eigenvalue weighted by molar-refractivity contribution is 6.37. The largest absolute Gasteiger partial charge is 0.393 e. The Kier molecular flexibility index (Phi) is 5.54. The molecular formula is C12H20O3. The molecule has 15 heavy (non-hydrogen) atoms. The smallest absolute Gasteiger partial charge is 0.198 e. The van der Waals surface area contributed by atoms with Crippen molar-refractivity contribution in [3.63, 3.8) is 0 Å². The van der Waals surface area contributed by atoms with Crippen LogP contribution in [0.4, 0.5) is 0 Å². The third-order valence-corrected chi connectivity index (χ3v) is 2.94. The SMILES string of the molecule is O=C1CCCCC1=O.OC1CCCCC1. The molecule has 2 saturated carbocycles. The van der Waals surface area contributed by atoms with Gasteiger partial charge in [0.2, 0.25) is 0 Å². The average Bonchev–Trinajstić information content (AvgIpc) is 2.25. The predicted molar refractivity (Wildman–Crippen MR) is 57.6 cm³/mol. The normalized spacial score (nSPS) is 23.3. The van der Waals surface area contributed by atoms with E-state index in [0.717, 1.165) is 25.7 Å². The van der Waals surface area contributed by atoms with Crippen molar-refractivity contribution in [1.29, 1.82) is 0 Å². The number of carbonyl (C=O) groups is 2. The topological polar surface area (TPSA) is 54.4 Å². The molecule has 2 rings (SSSR count). The molecule has 0 aromatic carbocycles. The lowest BCUT2D eigenvalue weighted by molar-refractivity contribution is -0.137. The highest BCUT2D eigenvalue weighted by Crippen LogP contribution is 2.16. The predicted octanol–water partition coefficient (Wildman–Crippen LogP) is 2.01. The molecule has 0 saturated heterocycles. The quantitative estimate of drug-likeness (QED) is 0.625. The first-order valence-electron chi connectivity index (χ1n) is 5.94. The number of carbonyl (C=O) groups excluding carboxylic acids is 2. The molecule has 0 aromatic heterocycles. The second-order valence-electron chi connectivity index (χ2n) is 4.35. The van der Waals surface area contributed by atoms with Crippen LogP contribution in [0.2, 0.25) is 0 Å². The van der Waals surface area contributed by atoms with E-state index >= 15 is 0 Å². The van der Waals surface area contributed by atoms with E-state index in [1.807, 2.05) is 0 Å². The molecule has 0 amide bonds. The minimum absolute atomic E-state index is 0.0359. The van der Waals surface area contributed by atoms with Crippen LogP contribution >= 0.6 is 0 Å². The van der Waals surface area contributed by atoms with E-state index in [1.165, 1.54) is 19.3 Å². The number of Topliss-reactive ketones (excluding diaryl/α,β-unsaturated/α-hetero) is 2. The Labute approximate surface area is 90.9 Å². The van der Waals surface area contributed by atoms with Crippen LogP contribution in [0.15, 0.2) is 0 Å². The Morgan fingerprint density at radius 3 is 1.53 bits per heavy atom. The molecule has 1 N–H and O–H groups in total. The molecule has 0 atom stereocenters. The van der Waals surface area contributed by atoms with Crippen molar-refractivity contribution in [1.82, 2.24) is 0 Å². The lowest BCUT2D eigenvalue weighted by Crippen LogP contribution is -2.17. The maximum Gasteiger partial charge on any atom is 0.198 e. The molecule has 2 aliphatic rings. The first-order chi connectivity index (χ1) is 7.20. The van der Waals surface area contributed by atoms with Crippen molar-refractivity contribution in [3.8, 4) is 0 Å². The van der Waals surface area contributed by atoms with E-state index in [-0.39, 0.29) is 17.7 Å². The van der Waals surface area contributed by atoms with Crippen molar-refractivity contribution in [3.05, 3.63) is 0 Å². The van der Waals surface area contributed by atoms with Crippen LogP contribution in [0.1, 0.15) is 57.8 Å². The molecule has 86 valence electrons. The summed E-state index contributed by atoms with van der Waals surface area (Å²) in [5, 5.41) is 8.91. The summed E-state index contributed by atoms with van der Waals surface area (Å²) in [7, 11) is 0. The van der Waals surface area contributed by atoms with Crippen molar-refractivity contribution >= 4 is 11.6 Å². The van der Waals surface area contributed by atoms with Crippen LogP contribution < -0.4 is 0 Å². The summed E-state index contributed by atoms with van der Waals surface area (Å²) in [5.74, 6) is -0.340. The highest BCUT2D eigenvalue weighted by Gasteiger charge is 2.17. The van der Waals surface area contributed by atoms with E-state index in [9.17, 15) is 9.59 Å². The first-order valence-corrected chi connectivity index (χ1v) is 5.94. The summed E-state index contributed by atoms with van der Waals surface area (Å²) in [6.07, 6.45) is 8.71. The Balaban J connectivity index is 0.000000151. The zero-order chi connectivity index (χ0) is 11.1. The first kappa shape index (κ1) is 12.4. The average molecular weight is 212 g/mol. The highest BCUT2D eigenvalue weighted by atomic mass is 16.3. The van der Waals surface area contributed by atoms with Gasteiger partial charge in [-0.15, -0.1) is 0 Å². The number of aliphatic hydroxyl groups excluding tert-OH is 1. The van der Waals surface area contributed by atoms with Gasteiger partial charge in [0.1, 0.15) is 0 Å². The van der Waals surface area contributed by atoms with Crippen molar-refractivity contribution in [2.75, 3.05) is 0 Å². The number of rotatable bonds is 0. The van der Waals surface area contributed by atoms with Crippen molar-refractivity contribution < 1.29 is 14.7 Å². The fourth-order valence-electron chi connectivity index (χ4n) is 1.93. The molecule has 2 aliphatic carbocycles. The molecule has 0 aliphatic heterocycles. The molecular weight excluding hydrogens is 192 g/mol. The van der Waals surface area contributed by atoms with Crippen LogP contribution in [-0.2, 0) is 9.59 Å². The van der Waals surface area contributed by atoms with E-state index in [2.05, 4.69) is 0 Å². The Morgan fingerprint density at radius 2 is 1.27 bits per heavy atom. The van der Waals surface area contributed by atoms with Gasteiger partial charge in [0.25, 0.3) is 0 Å². The van der Waals surface area contributed by atoms with Gasteiger partial charge in [-0.1, -0.05) is 19.3 Å². The van der Waals surface area contributed by atoms with E-state index < -0.39 is 0 Å². The monoisotopic (exact) mass is 212 g/mol. The second-order valence-corrected chi connectivity index (χ2v) is 4.35. The van der Waals surface area contributed by atoms with E-state index in [0.29, 0.717) is 12.8 Å². The van der Waals surface area contributed by atoms with Gasteiger partial charge in [0.05, 0.1) is 6.10 Å². The minimum Gasteiger partial charge on any atom is -0.393 e. The van der Waals surface area contributed by atoms with Gasteiger partial charge in [-0.2, -0.15) is 0 Å². The van der Waals surface area contributed by atoms with Gasteiger partial charge in [-0.05, 0) is 25.7 Å². The lowest BCUT2D eigenvalue weighted by Gasteiger charge is -2.14. The molecule has 0 bridgehead atoms. The molecule has 3 heteroatoms. The molecule has 3 nitrogen and oxygen atoms in total. The van der Waals surface area contributed by atoms with Crippen LogP contribution in [0, 0.1) is 0 Å². The third-order valence-electron chi connectivity index (χ3n) is 2.94. The summed E-state index contributed by atoms with van der Waals surface area (Å²) >= 11 is 0. The van der Waals surface area contributed by atoms with E-state index in [4.69, 9.17) is 5.11 Å². The van der Waals surface area contributed by atoms with Crippen LogP contribution in [0.5, 0.6) is 0 Å². The summed E-state index contributed by atoms with van der Waals surface area (Å²) < 4.78 is 0. The molecule has 0 spiro atoms. The summed E-state index contributed by atoms with van der Waals surface area (Å²) in [5.41, 5.74) is 0. The van der Waals surface area contributed by atoms with Crippen LogP contribution in [-0.4, -0.2) is 22.8 Å². The van der Waals surface area contributed by atoms with Gasteiger partial charge in [-0.25, -0.2) is 0 Å². The lowest BCUT2D eigenvalue weighted by atomic mass is 9.98. The Hall–Kier alpha value is -0.700. The molecule has 0 unspecified atom stereocenters. The summed E-state index contributed by atoms with van der Waals surface area (Å²) in [6.45, 7) is 0. The minimum atomic E-state index is -0.170. The zero-order valence-corrected chi connectivity index (χ0v) is 9.21. The van der Waals surface area contributed by atoms with Crippen molar-refractivity contribution in [2.24, 2.45) is 0 Å². The summed E-state index contributed by atoms with van der Waals surface area (Å²) in [6, 6.07) is 0. The number of hydrogen-bond acceptors (Lipinski definition) is 3. The number of ketones is 2. The van der Waals surface area contributed by atoms with Crippen LogP contribution in [0.25, 0.3) is 0 Å². The molecule has 0 aromatic rings. The van der Waals surface area contributed by atoms with Gasteiger partial charge in [-0.3, -0.25) is 9.59 Å². The summed E-state index contributed by atoms with van der Waals surface area (Å²) in [4.78, 5) is 20.9. The maximum atomic E-state index is 10.4. The Bertz CT molecular complexity index is 201.